The van der Waals surface area contributed by atoms with E-state index in [0.29, 0.717) is 5.92 Å². The number of nitrogens with two attached hydrogens (primary N) is 1. The average Bonchev–Trinajstić information content (AvgIpc) is 2.61. The van der Waals surface area contributed by atoms with Crippen molar-refractivity contribution >= 4 is 28.1 Å². The van der Waals surface area contributed by atoms with Crippen molar-refractivity contribution in [2.45, 2.75) is 30.7 Å². The van der Waals surface area contributed by atoms with Gasteiger partial charge >= 0.3 is 0 Å². The molecule has 0 aliphatic heterocycles. The van der Waals surface area contributed by atoms with Gasteiger partial charge in [-0.25, -0.2) is 8.42 Å². The molecule has 1 atom stereocenters. The molecule has 0 aliphatic rings. The summed E-state index contributed by atoms with van der Waals surface area (Å²) in [5, 5.41) is 10.7. The predicted octanol–water partition coefficient (Wildman–Crippen LogP) is 3.46. The fraction of sp³-hybridized carbons (Fsp3) is 0.333. The van der Waals surface area contributed by atoms with E-state index >= 15 is 0 Å². The fourth-order valence-corrected chi connectivity index (χ4v) is 3.73. The summed E-state index contributed by atoms with van der Waals surface area (Å²) in [6, 6.07) is 12.1. The normalized spacial score (nSPS) is 12.7. The van der Waals surface area contributed by atoms with Crippen LogP contribution >= 0.6 is 12.4 Å². The molecule has 2 aromatic rings. The van der Waals surface area contributed by atoms with E-state index in [1.807, 2.05) is 24.3 Å². The van der Waals surface area contributed by atoms with E-state index < -0.39 is 21.0 Å². The first-order chi connectivity index (χ1) is 12.1. The van der Waals surface area contributed by atoms with E-state index in [4.69, 9.17) is 5.73 Å². The highest BCUT2D eigenvalue weighted by Crippen LogP contribution is 2.22. The summed E-state index contributed by atoms with van der Waals surface area (Å²) in [6.45, 7) is 4.29. The summed E-state index contributed by atoms with van der Waals surface area (Å²) in [5.74, 6) is 0.408. The third-order valence-electron chi connectivity index (χ3n) is 4.24. The number of benzene rings is 2. The zero-order chi connectivity index (χ0) is 19.5. The number of halogens is 1. The lowest BCUT2D eigenvalue weighted by atomic mass is 9.99. The Labute approximate surface area is 165 Å². The van der Waals surface area contributed by atoms with E-state index in [1.165, 1.54) is 36.9 Å². The molecule has 0 radical (unpaired) electrons. The zero-order valence-corrected chi connectivity index (χ0v) is 17.0. The quantitative estimate of drug-likeness (QED) is 0.552. The summed E-state index contributed by atoms with van der Waals surface area (Å²) in [4.78, 5) is 10.1. The Morgan fingerprint density at radius 3 is 1.96 bits per heavy atom. The molecule has 0 saturated carbocycles. The van der Waals surface area contributed by atoms with Crippen molar-refractivity contribution in [3.05, 3.63) is 69.8 Å². The SMILES string of the molecule is CC(C)c1ccc([C@@H](N)CN(C)S(=O)(=O)c2ccc([N+](=O)[O-])cc2)cc1.Cl. The van der Waals surface area contributed by atoms with Crippen LogP contribution in [0, 0.1) is 10.1 Å². The molecular formula is C18H24ClN3O4S. The maximum absolute atomic E-state index is 12.6. The highest BCUT2D eigenvalue weighted by atomic mass is 35.5. The van der Waals surface area contributed by atoms with Crippen LogP contribution in [0.1, 0.15) is 36.9 Å². The number of hydrogen-bond donors (Lipinski definition) is 1. The van der Waals surface area contributed by atoms with Crippen LogP contribution in [0.2, 0.25) is 0 Å². The van der Waals surface area contributed by atoms with Gasteiger partial charge in [0.05, 0.1) is 9.82 Å². The highest BCUT2D eigenvalue weighted by Gasteiger charge is 2.24. The molecule has 9 heteroatoms. The number of nitrogens with zero attached hydrogens (tertiary/aromatic N) is 2. The molecule has 0 spiro atoms. The van der Waals surface area contributed by atoms with Gasteiger partial charge in [0.2, 0.25) is 10.0 Å². The molecule has 0 amide bonds. The van der Waals surface area contributed by atoms with Crippen LogP contribution in [-0.4, -0.2) is 31.2 Å². The second kappa shape index (κ2) is 9.27. The Morgan fingerprint density at radius 2 is 1.52 bits per heavy atom. The molecule has 2 aromatic carbocycles. The molecule has 0 fully saturated rings. The van der Waals surface area contributed by atoms with Crippen LogP contribution < -0.4 is 5.73 Å². The Hall–Kier alpha value is -2.00. The molecule has 148 valence electrons. The second-order valence-corrected chi connectivity index (χ2v) is 8.51. The first-order valence-corrected chi connectivity index (χ1v) is 9.63. The van der Waals surface area contributed by atoms with Crippen molar-refractivity contribution in [3.8, 4) is 0 Å². The molecule has 7 nitrogen and oxygen atoms in total. The van der Waals surface area contributed by atoms with Crippen LogP contribution in [0.5, 0.6) is 0 Å². The minimum absolute atomic E-state index is 0. The summed E-state index contributed by atoms with van der Waals surface area (Å²) < 4.78 is 26.4. The first-order valence-electron chi connectivity index (χ1n) is 8.19. The molecule has 27 heavy (non-hydrogen) atoms. The highest BCUT2D eigenvalue weighted by molar-refractivity contribution is 7.89. The van der Waals surface area contributed by atoms with Gasteiger partial charge < -0.3 is 5.73 Å². The molecule has 0 unspecified atom stereocenters. The van der Waals surface area contributed by atoms with Gasteiger partial charge in [0.1, 0.15) is 0 Å². The van der Waals surface area contributed by atoms with Gasteiger partial charge in [0.25, 0.3) is 5.69 Å². The van der Waals surface area contributed by atoms with Crippen molar-refractivity contribution < 1.29 is 13.3 Å². The van der Waals surface area contributed by atoms with Crippen LogP contribution in [-0.2, 0) is 10.0 Å². The number of likely N-dealkylation sites (N-methyl/N-ethyl adjacent to an activating group) is 1. The van der Waals surface area contributed by atoms with Gasteiger partial charge in [0.15, 0.2) is 0 Å². The minimum atomic E-state index is -3.78. The lowest BCUT2D eigenvalue weighted by molar-refractivity contribution is -0.384. The third kappa shape index (κ3) is 5.49. The molecule has 2 N–H and O–H groups in total. The maximum Gasteiger partial charge on any atom is 0.269 e. The molecule has 2 rings (SSSR count). The van der Waals surface area contributed by atoms with Gasteiger partial charge in [-0.3, -0.25) is 10.1 Å². The van der Waals surface area contributed by atoms with Gasteiger partial charge in [0, 0.05) is 31.8 Å². The third-order valence-corrected chi connectivity index (χ3v) is 6.08. The van der Waals surface area contributed by atoms with E-state index in [9.17, 15) is 18.5 Å². The fourth-order valence-electron chi connectivity index (χ4n) is 2.53. The Balaban J connectivity index is 0.00000364. The molecule has 0 saturated heterocycles. The van der Waals surface area contributed by atoms with E-state index in [1.54, 1.807) is 0 Å². The average molecular weight is 414 g/mol. The van der Waals surface area contributed by atoms with Gasteiger partial charge in [-0.2, -0.15) is 4.31 Å². The predicted molar refractivity (Wildman–Crippen MR) is 108 cm³/mol. The second-order valence-electron chi connectivity index (χ2n) is 6.46. The van der Waals surface area contributed by atoms with Gasteiger partial charge in [-0.15, -0.1) is 12.4 Å². The molecular weight excluding hydrogens is 390 g/mol. The van der Waals surface area contributed by atoms with E-state index in [-0.39, 0.29) is 29.5 Å². The lowest BCUT2D eigenvalue weighted by Crippen LogP contribution is -2.34. The number of hydrogen-bond acceptors (Lipinski definition) is 5. The Kier molecular flexibility index (Phi) is 7.91. The number of nitro groups is 1. The zero-order valence-electron chi connectivity index (χ0n) is 15.4. The van der Waals surface area contributed by atoms with Crippen molar-refractivity contribution in [3.63, 3.8) is 0 Å². The Bertz CT molecular complexity index is 868. The first kappa shape index (κ1) is 23.0. The smallest absolute Gasteiger partial charge is 0.269 e. The number of sulfonamides is 1. The van der Waals surface area contributed by atoms with Crippen LogP contribution in [0.4, 0.5) is 5.69 Å². The van der Waals surface area contributed by atoms with Crippen molar-refractivity contribution in [1.29, 1.82) is 0 Å². The molecule has 0 aliphatic carbocycles. The summed E-state index contributed by atoms with van der Waals surface area (Å²) in [7, 11) is -2.33. The van der Waals surface area contributed by atoms with Crippen LogP contribution in [0.3, 0.4) is 0 Å². The number of rotatable bonds is 7. The van der Waals surface area contributed by atoms with Gasteiger partial charge in [-0.05, 0) is 29.2 Å². The standard InChI is InChI=1S/C18H23N3O4S.ClH/c1-13(2)14-4-6-15(7-5-14)18(19)12-20(3)26(24,25)17-10-8-16(9-11-17)21(22)23;/h4-11,13,18H,12,19H2,1-3H3;1H/t18-;/m0./s1. The summed E-state index contributed by atoms with van der Waals surface area (Å²) >= 11 is 0. The monoisotopic (exact) mass is 413 g/mol. The van der Waals surface area contributed by atoms with Crippen LogP contribution in [0.25, 0.3) is 0 Å². The molecule has 0 bridgehead atoms. The summed E-state index contributed by atoms with van der Waals surface area (Å²) in [5.41, 5.74) is 8.04. The Morgan fingerprint density at radius 1 is 1.04 bits per heavy atom. The van der Waals surface area contributed by atoms with E-state index in [2.05, 4.69) is 13.8 Å². The van der Waals surface area contributed by atoms with E-state index in [0.717, 1.165) is 9.87 Å². The lowest BCUT2D eigenvalue weighted by Gasteiger charge is -2.22. The number of non-ortho nitro benzene ring substituents is 1. The van der Waals surface area contributed by atoms with Crippen molar-refractivity contribution in [2.24, 2.45) is 5.73 Å². The largest absolute Gasteiger partial charge is 0.323 e. The maximum atomic E-state index is 12.6. The minimum Gasteiger partial charge on any atom is -0.323 e. The van der Waals surface area contributed by atoms with Crippen molar-refractivity contribution in [1.82, 2.24) is 4.31 Å². The summed E-state index contributed by atoms with van der Waals surface area (Å²) in [6.07, 6.45) is 0. The topological polar surface area (TPSA) is 107 Å². The van der Waals surface area contributed by atoms with Gasteiger partial charge in [-0.1, -0.05) is 38.1 Å². The van der Waals surface area contributed by atoms with Crippen molar-refractivity contribution in [2.75, 3.05) is 13.6 Å². The molecule has 0 aromatic heterocycles. The van der Waals surface area contributed by atoms with Crippen LogP contribution in [0.15, 0.2) is 53.4 Å². The molecule has 0 heterocycles. The number of nitro benzene ring substituents is 1.